The molecule has 0 spiro atoms. The molecule has 3 aromatic carbocycles. The molecule has 5 rings (SSSR count). The summed E-state index contributed by atoms with van der Waals surface area (Å²) in [5.41, 5.74) is 3.32. The summed E-state index contributed by atoms with van der Waals surface area (Å²) in [5.74, 6) is 2.09. The monoisotopic (exact) mass is 501 g/mol. The zero-order valence-corrected chi connectivity index (χ0v) is 20.9. The maximum Gasteiger partial charge on any atom is 0.253 e. The van der Waals surface area contributed by atoms with Crippen molar-refractivity contribution in [1.29, 1.82) is 0 Å². The van der Waals surface area contributed by atoms with Gasteiger partial charge in [0.1, 0.15) is 5.75 Å². The number of nitrogens with one attached hydrogen (secondary N) is 2. The molecule has 36 heavy (non-hydrogen) atoms. The molecule has 184 valence electrons. The maximum atomic E-state index is 13.0. The standard InChI is InChI=1S/C28H27N3O4S/c1-18(20-6-4-3-5-7-20)29-28(36)31(15-19-8-10-23(33-2)11-9-19)16-22-12-21-13-25-26(35-17-34-25)14-24(21)30-27(22)32/h3-14,18H,15-17H2,1-2H3,(H,29,36)(H,30,32)/t18-/m1/s1. The fourth-order valence-electron chi connectivity index (χ4n) is 4.22. The third kappa shape index (κ3) is 5.13. The van der Waals surface area contributed by atoms with Crippen LogP contribution in [-0.4, -0.2) is 28.9 Å². The number of pyridine rings is 1. The molecule has 0 saturated carbocycles. The number of aromatic amines is 1. The van der Waals surface area contributed by atoms with Gasteiger partial charge >= 0.3 is 0 Å². The van der Waals surface area contributed by atoms with Gasteiger partial charge in [0, 0.05) is 23.6 Å². The van der Waals surface area contributed by atoms with Crippen molar-refractivity contribution >= 4 is 28.2 Å². The van der Waals surface area contributed by atoms with E-state index in [0.717, 1.165) is 22.3 Å². The summed E-state index contributed by atoms with van der Waals surface area (Å²) in [4.78, 5) is 18.0. The molecule has 0 unspecified atom stereocenters. The van der Waals surface area contributed by atoms with Gasteiger partial charge in [-0.25, -0.2) is 0 Å². The van der Waals surface area contributed by atoms with Gasteiger partial charge in [-0.2, -0.15) is 0 Å². The lowest BCUT2D eigenvalue weighted by molar-refractivity contribution is 0.174. The number of rotatable bonds is 7. The predicted molar refractivity (Wildman–Crippen MR) is 144 cm³/mol. The van der Waals surface area contributed by atoms with Gasteiger partial charge in [0.25, 0.3) is 5.56 Å². The molecule has 1 aromatic heterocycles. The fourth-order valence-corrected chi connectivity index (χ4v) is 4.52. The molecule has 8 heteroatoms. The third-order valence-electron chi connectivity index (χ3n) is 6.23. The van der Waals surface area contributed by atoms with Crippen LogP contribution in [0.5, 0.6) is 17.2 Å². The lowest BCUT2D eigenvalue weighted by Gasteiger charge is -2.28. The Hall–Kier alpha value is -4.04. The van der Waals surface area contributed by atoms with E-state index < -0.39 is 0 Å². The molecule has 1 aliphatic rings. The average Bonchev–Trinajstić information content (AvgIpc) is 3.35. The van der Waals surface area contributed by atoms with E-state index in [1.54, 1.807) is 13.2 Å². The van der Waals surface area contributed by atoms with Crippen LogP contribution in [0.25, 0.3) is 10.9 Å². The summed E-state index contributed by atoms with van der Waals surface area (Å²) < 4.78 is 16.2. The molecule has 0 aliphatic carbocycles. The summed E-state index contributed by atoms with van der Waals surface area (Å²) in [6, 6.07) is 23.5. The Morgan fingerprint density at radius 3 is 2.50 bits per heavy atom. The molecule has 1 aliphatic heterocycles. The first-order valence-electron chi connectivity index (χ1n) is 11.7. The van der Waals surface area contributed by atoms with Crippen LogP contribution in [0.3, 0.4) is 0 Å². The lowest BCUT2D eigenvalue weighted by Crippen LogP contribution is -2.41. The van der Waals surface area contributed by atoms with Gasteiger partial charge in [-0.1, -0.05) is 42.5 Å². The van der Waals surface area contributed by atoms with Crippen molar-refractivity contribution < 1.29 is 14.2 Å². The van der Waals surface area contributed by atoms with Crippen LogP contribution in [-0.2, 0) is 13.1 Å². The number of hydrogen-bond donors (Lipinski definition) is 2. The number of nitrogens with zero attached hydrogens (tertiary/aromatic N) is 1. The van der Waals surface area contributed by atoms with Crippen LogP contribution in [0.2, 0.25) is 0 Å². The number of benzene rings is 3. The van der Waals surface area contributed by atoms with E-state index >= 15 is 0 Å². The van der Waals surface area contributed by atoms with Gasteiger partial charge in [-0.05, 0) is 54.5 Å². The topological polar surface area (TPSA) is 75.8 Å². The van der Waals surface area contributed by atoms with Crippen LogP contribution in [0.1, 0.15) is 29.7 Å². The Bertz CT molecular complexity index is 1440. The van der Waals surface area contributed by atoms with Crippen molar-refractivity contribution in [3.05, 3.63) is 99.8 Å². The third-order valence-corrected chi connectivity index (χ3v) is 6.61. The van der Waals surface area contributed by atoms with Gasteiger partial charge in [0.15, 0.2) is 16.6 Å². The predicted octanol–water partition coefficient (Wildman–Crippen LogP) is 4.90. The van der Waals surface area contributed by atoms with Crippen LogP contribution in [0.15, 0.2) is 77.6 Å². The SMILES string of the molecule is COc1ccc(CN(Cc2cc3cc4c(cc3[nH]c2=O)OCO4)C(=S)N[C@H](C)c2ccccc2)cc1. The highest BCUT2D eigenvalue weighted by molar-refractivity contribution is 7.80. The number of thiocarbonyl (C=S) groups is 1. The number of fused-ring (bicyclic) bond motifs is 2. The molecule has 0 saturated heterocycles. The number of H-pyrrole nitrogens is 1. The molecule has 7 nitrogen and oxygen atoms in total. The minimum absolute atomic E-state index is 0.00620. The molecular formula is C28H27N3O4S. The van der Waals surface area contributed by atoms with Crippen molar-refractivity contribution in [2.24, 2.45) is 0 Å². The lowest BCUT2D eigenvalue weighted by atomic mass is 10.1. The van der Waals surface area contributed by atoms with Gasteiger partial charge in [0.05, 0.1) is 25.2 Å². The molecule has 0 amide bonds. The van der Waals surface area contributed by atoms with E-state index in [1.165, 1.54) is 0 Å². The highest BCUT2D eigenvalue weighted by Gasteiger charge is 2.19. The summed E-state index contributed by atoms with van der Waals surface area (Å²) in [6.45, 7) is 3.10. The van der Waals surface area contributed by atoms with E-state index in [-0.39, 0.29) is 18.4 Å². The van der Waals surface area contributed by atoms with E-state index in [0.29, 0.717) is 40.8 Å². The molecule has 0 radical (unpaired) electrons. The Kier molecular flexibility index (Phi) is 6.77. The number of hydrogen-bond acceptors (Lipinski definition) is 5. The zero-order chi connectivity index (χ0) is 25.1. The second-order valence-corrected chi connectivity index (χ2v) is 9.09. The Morgan fingerprint density at radius 1 is 1.06 bits per heavy atom. The van der Waals surface area contributed by atoms with E-state index in [4.69, 9.17) is 26.4 Å². The van der Waals surface area contributed by atoms with Crippen LogP contribution in [0, 0.1) is 0 Å². The second-order valence-electron chi connectivity index (χ2n) is 8.70. The van der Waals surface area contributed by atoms with E-state index in [9.17, 15) is 4.79 Å². The molecule has 2 heterocycles. The summed E-state index contributed by atoms with van der Waals surface area (Å²) in [5, 5.41) is 4.87. The van der Waals surface area contributed by atoms with Crippen molar-refractivity contribution in [2.45, 2.75) is 26.1 Å². The van der Waals surface area contributed by atoms with Crippen molar-refractivity contribution in [3.63, 3.8) is 0 Å². The first-order chi connectivity index (χ1) is 17.5. The number of ether oxygens (including phenoxy) is 3. The molecule has 1 atom stereocenters. The van der Waals surface area contributed by atoms with Gasteiger partial charge in [-0.15, -0.1) is 0 Å². The van der Waals surface area contributed by atoms with Crippen LogP contribution in [0.4, 0.5) is 0 Å². The van der Waals surface area contributed by atoms with Crippen molar-refractivity contribution in [2.75, 3.05) is 13.9 Å². The number of aromatic nitrogens is 1. The molecule has 0 bridgehead atoms. The molecule has 2 N–H and O–H groups in total. The quantitative estimate of drug-likeness (QED) is 0.349. The fraction of sp³-hybridized carbons (Fsp3) is 0.214. The van der Waals surface area contributed by atoms with Gasteiger partial charge in [-0.3, -0.25) is 4.79 Å². The smallest absolute Gasteiger partial charge is 0.253 e. The second kappa shape index (κ2) is 10.3. The largest absolute Gasteiger partial charge is 0.497 e. The van der Waals surface area contributed by atoms with Gasteiger partial charge in [0.2, 0.25) is 6.79 Å². The summed E-state index contributed by atoms with van der Waals surface area (Å²) in [7, 11) is 1.64. The van der Waals surface area contributed by atoms with Gasteiger partial charge < -0.3 is 29.4 Å². The van der Waals surface area contributed by atoms with Crippen LogP contribution >= 0.6 is 12.2 Å². The minimum Gasteiger partial charge on any atom is -0.497 e. The number of methoxy groups -OCH3 is 1. The summed E-state index contributed by atoms with van der Waals surface area (Å²) >= 11 is 5.84. The molecule has 0 fully saturated rings. The Labute approximate surface area is 214 Å². The average molecular weight is 502 g/mol. The van der Waals surface area contributed by atoms with Crippen molar-refractivity contribution in [3.8, 4) is 17.2 Å². The van der Waals surface area contributed by atoms with E-state index in [1.807, 2.05) is 59.5 Å². The maximum absolute atomic E-state index is 13.0. The van der Waals surface area contributed by atoms with Crippen LogP contribution < -0.4 is 25.1 Å². The Balaban J connectivity index is 1.43. The zero-order valence-electron chi connectivity index (χ0n) is 20.1. The highest BCUT2D eigenvalue weighted by atomic mass is 32.1. The highest BCUT2D eigenvalue weighted by Crippen LogP contribution is 2.35. The summed E-state index contributed by atoms with van der Waals surface area (Å²) in [6.07, 6.45) is 0. The Morgan fingerprint density at radius 2 is 1.78 bits per heavy atom. The first-order valence-corrected chi connectivity index (χ1v) is 12.1. The van der Waals surface area contributed by atoms with E-state index in [2.05, 4.69) is 29.4 Å². The normalized spacial score (nSPS) is 12.8. The molecule has 4 aromatic rings. The van der Waals surface area contributed by atoms with Crippen molar-refractivity contribution in [1.82, 2.24) is 15.2 Å². The molecular weight excluding hydrogens is 474 g/mol. The first kappa shape index (κ1) is 23.7. The minimum atomic E-state index is -0.167.